The molecule has 0 radical (unpaired) electrons. The molecule has 0 aliphatic heterocycles. The molecule has 0 spiro atoms. The molecule has 20 heavy (non-hydrogen) atoms. The van der Waals surface area contributed by atoms with Crippen molar-refractivity contribution in [2.75, 3.05) is 12.4 Å². The molecule has 0 saturated heterocycles. The standard InChI is InChI=1S/C13H15N3O3S/c1-3-7-16-12(10-6-5-8-19-10)14-15-13(16)20-9-11(17)18-4-2/h3,5-6,8H,1,4,7,9H2,2H3. The highest BCUT2D eigenvalue weighted by atomic mass is 32.2. The molecule has 0 atom stereocenters. The number of carbonyl (C=O) groups excluding carboxylic acids is 1. The number of hydrogen-bond acceptors (Lipinski definition) is 6. The van der Waals surface area contributed by atoms with E-state index in [-0.39, 0.29) is 11.7 Å². The molecular weight excluding hydrogens is 278 g/mol. The third-order valence-electron chi connectivity index (χ3n) is 2.39. The third-order valence-corrected chi connectivity index (χ3v) is 3.33. The topological polar surface area (TPSA) is 70.2 Å². The van der Waals surface area contributed by atoms with E-state index in [9.17, 15) is 4.79 Å². The number of ether oxygens (including phenoxy) is 1. The molecule has 0 fully saturated rings. The predicted octanol–water partition coefficient (Wildman–Crippen LogP) is 2.38. The molecule has 106 valence electrons. The largest absolute Gasteiger partial charge is 0.465 e. The Morgan fingerprint density at radius 2 is 2.45 bits per heavy atom. The van der Waals surface area contributed by atoms with Crippen LogP contribution in [0.3, 0.4) is 0 Å². The molecule has 2 aromatic heterocycles. The van der Waals surface area contributed by atoms with Crippen LogP contribution in [0.2, 0.25) is 0 Å². The van der Waals surface area contributed by atoms with Crippen molar-refractivity contribution in [1.82, 2.24) is 14.8 Å². The van der Waals surface area contributed by atoms with Gasteiger partial charge in [0.2, 0.25) is 5.82 Å². The van der Waals surface area contributed by atoms with Gasteiger partial charge in [0.05, 0.1) is 18.6 Å². The Morgan fingerprint density at radius 1 is 1.60 bits per heavy atom. The Bertz CT molecular complexity index is 578. The van der Waals surface area contributed by atoms with Gasteiger partial charge in [0.15, 0.2) is 10.9 Å². The van der Waals surface area contributed by atoms with Gasteiger partial charge in [-0.05, 0) is 19.1 Å². The van der Waals surface area contributed by atoms with E-state index in [1.807, 2.05) is 10.6 Å². The highest BCUT2D eigenvalue weighted by molar-refractivity contribution is 7.99. The first-order chi connectivity index (χ1) is 9.76. The van der Waals surface area contributed by atoms with Gasteiger partial charge in [-0.25, -0.2) is 0 Å². The molecule has 0 N–H and O–H groups in total. The molecule has 0 unspecified atom stereocenters. The lowest BCUT2D eigenvalue weighted by Gasteiger charge is -2.05. The maximum Gasteiger partial charge on any atom is 0.316 e. The average molecular weight is 293 g/mol. The van der Waals surface area contributed by atoms with Crippen LogP contribution in [0, 0.1) is 0 Å². The summed E-state index contributed by atoms with van der Waals surface area (Å²) in [5.41, 5.74) is 0. The van der Waals surface area contributed by atoms with Gasteiger partial charge in [0.25, 0.3) is 0 Å². The summed E-state index contributed by atoms with van der Waals surface area (Å²) in [5, 5.41) is 8.81. The Hall–Kier alpha value is -2.02. The molecule has 6 nitrogen and oxygen atoms in total. The van der Waals surface area contributed by atoms with Gasteiger partial charge in [0.1, 0.15) is 0 Å². The van der Waals surface area contributed by atoms with Gasteiger partial charge in [0, 0.05) is 6.54 Å². The number of nitrogens with zero attached hydrogens (tertiary/aromatic N) is 3. The number of esters is 1. The predicted molar refractivity (Wildman–Crippen MR) is 75.3 cm³/mol. The Balaban J connectivity index is 2.17. The maximum absolute atomic E-state index is 11.4. The minimum absolute atomic E-state index is 0.196. The Labute approximate surface area is 120 Å². The summed E-state index contributed by atoms with van der Waals surface area (Å²) in [7, 11) is 0. The summed E-state index contributed by atoms with van der Waals surface area (Å²) in [6, 6.07) is 3.59. The van der Waals surface area contributed by atoms with Crippen LogP contribution in [-0.4, -0.2) is 33.1 Å². The lowest BCUT2D eigenvalue weighted by molar-refractivity contribution is -0.139. The van der Waals surface area contributed by atoms with E-state index in [2.05, 4.69) is 16.8 Å². The highest BCUT2D eigenvalue weighted by Gasteiger charge is 2.16. The quantitative estimate of drug-likeness (QED) is 0.443. The van der Waals surface area contributed by atoms with Gasteiger partial charge in [-0.3, -0.25) is 9.36 Å². The van der Waals surface area contributed by atoms with E-state index in [1.54, 1.807) is 25.3 Å². The van der Waals surface area contributed by atoms with Crippen LogP contribution in [0.4, 0.5) is 0 Å². The fraction of sp³-hybridized carbons (Fsp3) is 0.308. The normalized spacial score (nSPS) is 10.4. The number of aromatic nitrogens is 3. The first kappa shape index (κ1) is 14.4. The number of thioether (sulfide) groups is 1. The maximum atomic E-state index is 11.4. The SMILES string of the molecule is C=CCn1c(SCC(=O)OCC)nnc1-c1ccco1. The van der Waals surface area contributed by atoms with E-state index >= 15 is 0 Å². The van der Waals surface area contributed by atoms with Crippen LogP contribution in [-0.2, 0) is 16.1 Å². The number of carbonyl (C=O) groups is 1. The number of rotatable bonds is 7. The zero-order chi connectivity index (χ0) is 14.4. The van der Waals surface area contributed by atoms with E-state index in [0.29, 0.717) is 29.9 Å². The van der Waals surface area contributed by atoms with Gasteiger partial charge in [-0.15, -0.1) is 16.8 Å². The van der Waals surface area contributed by atoms with Crippen molar-refractivity contribution in [2.24, 2.45) is 0 Å². The van der Waals surface area contributed by atoms with Crippen molar-refractivity contribution in [3.63, 3.8) is 0 Å². The summed E-state index contributed by atoms with van der Waals surface area (Å²) in [5.74, 6) is 1.16. The first-order valence-electron chi connectivity index (χ1n) is 6.12. The third kappa shape index (κ3) is 3.30. The van der Waals surface area contributed by atoms with Gasteiger partial charge in [-0.1, -0.05) is 17.8 Å². The van der Waals surface area contributed by atoms with Crippen molar-refractivity contribution in [3.05, 3.63) is 31.1 Å². The van der Waals surface area contributed by atoms with Crippen LogP contribution < -0.4 is 0 Å². The highest BCUT2D eigenvalue weighted by Crippen LogP contribution is 2.24. The fourth-order valence-electron chi connectivity index (χ4n) is 1.60. The van der Waals surface area contributed by atoms with Gasteiger partial charge in [-0.2, -0.15) is 0 Å². The van der Waals surface area contributed by atoms with Crippen LogP contribution in [0.5, 0.6) is 0 Å². The summed E-state index contributed by atoms with van der Waals surface area (Å²) in [4.78, 5) is 11.4. The van der Waals surface area contributed by atoms with Crippen molar-refractivity contribution in [3.8, 4) is 11.6 Å². The molecule has 2 heterocycles. The molecule has 2 aromatic rings. The number of allylic oxidation sites excluding steroid dienone is 1. The average Bonchev–Trinajstić information content (AvgIpc) is 3.06. The molecule has 0 aliphatic carbocycles. The van der Waals surface area contributed by atoms with E-state index in [1.165, 1.54) is 11.8 Å². The zero-order valence-corrected chi connectivity index (χ0v) is 11.9. The van der Waals surface area contributed by atoms with Crippen LogP contribution in [0.15, 0.2) is 40.6 Å². The Kier molecular flexibility index (Phi) is 5.00. The number of furan rings is 1. The monoisotopic (exact) mass is 293 g/mol. The molecule has 0 bridgehead atoms. The molecule has 7 heteroatoms. The first-order valence-corrected chi connectivity index (χ1v) is 7.11. The van der Waals surface area contributed by atoms with Crippen LogP contribution >= 0.6 is 11.8 Å². The van der Waals surface area contributed by atoms with Crippen LogP contribution in [0.1, 0.15) is 6.92 Å². The minimum atomic E-state index is -0.273. The second-order valence-electron chi connectivity index (χ2n) is 3.78. The van der Waals surface area contributed by atoms with Crippen molar-refractivity contribution >= 4 is 17.7 Å². The van der Waals surface area contributed by atoms with Crippen molar-refractivity contribution in [2.45, 2.75) is 18.6 Å². The van der Waals surface area contributed by atoms with Gasteiger partial charge >= 0.3 is 5.97 Å². The minimum Gasteiger partial charge on any atom is -0.465 e. The summed E-state index contributed by atoms with van der Waals surface area (Å²) >= 11 is 1.28. The molecule has 0 aliphatic rings. The summed E-state index contributed by atoms with van der Waals surface area (Å²) < 4.78 is 12.1. The smallest absolute Gasteiger partial charge is 0.316 e. The van der Waals surface area contributed by atoms with Crippen molar-refractivity contribution in [1.29, 1.82) is 0 Å². The second-order valence-corrected chi connectivity index (χ2v) is 4.72. The second kappa shape index (κ2) is 6.95. The lowest BCUT2D eigenvalue weighted by Crippen LogP contribution is -2.08. The zero-order valence-electron chi connectivity index (χ0n) is 11.1. The molecule has 2 rings (SSSR count). The van der Waals surface area contributed by atoms with E-state index in [4.69, 9.17) is 9.15 Å². The van der Waals surface area contributed by atoms with Gasteiger partial charge < -0.3 is 9.15 Å². The fourth-order valence-corrected chi connectivity index (χ4v) is 2.35. The summed E-state index contributed by atoms with van der Waals surface area (Å²) in [6.07, 6.45) is 3.32. The lowest BCUT2D eigenvalue weighted by atomic mass is 10.4. The Morgan fingerprint density at radius 3 is 3.10 bits per heavy atom. The van der Waals surface area contributed by atoms with E-state index < -0.39 is 0 Å². The summed E-state index contributed by atoms with van der Waals surface area (Å²) in [6.45, 7) is 6.40. The molecule has 0 saturated carbocycles. The number of hydrogen-bond donors (Lipinski definition) is 0. The molecular formula is C13H15N3O3S. The van der Waals surface area contributed by atoms with E-state index in [0.717, 1.165) is 0 Å². The molecule has 0 aromatic carbocycles. The molecule has 0 amide bonds. The van der Waals surface area contributed by atoms with Crippen molar-refractivity contribution < 1.29 is 13.9 Å². The van der Waals surface area contributed by atoms with Crippen LogP contribution in [0.25, 0.3) is 11.6 Å².